The largest absolute Gasteiger partial charge is 0.330 e. The number of nitrogens with zero attached hydrogens (tertiary/aromatic N) is 2. The number of likely N-dealkylation sites (N-methyl/N-ethyl adjacent to an activating group) is 1. The van der Waals surface area contributed by atoms with Crippen molar-refractivity contribution in [1.82, 2.24) is 9.80 Å². The molecule has 0 spiro atoms. The van der Waals surface area contributed by atoms with Gasteiger partial charge in [-0.1, -0.05) is 0 Å². The van der Waals surface area contributed by atoms with Crippen molar-refractivity contribution in [1.29, 1.82) is 0 Å². The van der Waals surface area contributed by atoms with Crippen molar-refractivity contribution >= 4 is 0 Å². The molecular formula is C12H25N3. The van der Waals surface area contributed by atoms with Crippen LogP contribution < -0.4 is 5.73 Å². The van der Waals surface area contributed by atoms with Crippen molar-refractivity contribution in [2.24, 2.45) is 5.73 Å². The van der Waals surface area contributed by atoms with Crippen LogP contribution in [0.1, 0.15) is 32.6 Å². The third-order valence-corrected chi connectivity index (χ3v) is 4.03. The molecule has 1 heterocycles. The molecule has 0 aromatic heterocycles. The Balaban J connectivity index is 1.98. The zero-order valence-electron chi connectivity index (χ0n) is 10.2. The summed E-state index contributed by atoms with van der Waals surface area (Å²) in [7, 11) is 2.25. The topological polar surface area (TPSA) is 32.5 Å². The van der Waals surface area contributed by atoms with Crippen molar-refractivity contribution in [3.63, 3.8) is 0 Å². The molecule has 2 unspecified atom stereocenters. The molecule has 1 aliphatic heterocycles. The van der Waals surface area contributed by atoms with Gasteiger partial charge >= 0.3 is 0 Å². The van der Waals surface area contributed by atoms with Crippen LogP contribution in [0.4, 0.5) is 0 Å². The summed E-state index contributed by atoms with van der Waals surface area (Å²) in [5.74, 6) is 0. The van der Waals surface area contributed by atoms with Crippen molar-refractivity contribution in [2.45, 2.75) is 50.7 Å². The lowest BCUT2D eigenvalue weighted by atomic mass is 10.1. The van der Waals surface area contributed by atoms with E-state index in [-0.39, 0.29) is 0 Å². The van der Waals surface area contributed by atoms with E-state index in [1.54, 1.807) is 0 Å². The third kappa shape index (κ3) is 2.71. The Hall–Kier alpha value is -0.120. The molecule has 0 aromatic rings. The summed E-state index contributed by atoms with van der Waals surface area (Å²) >= 11 is 0. The normalized spacial score (nSPS) is 35.4. The molecule has 0 aromatic carbocycles. The maximum atomic E-state index is 5.70. The molecular weight excluding hydrogens is 186 g/mol. The van der Waals surface area contributed by atoms with Crippen LogP contribution >= 0.6 is 0 Å². The van der Waals surface area contributed by atoms with Crippen molar-refractivity contribution in [3.8, 4) is 0 Å². The monoisotopic (exact) mass is 211 g/mol. The lowest BCUT2D eigenvalue weighted by molar-refractivity contribution is 0.168. The van der Waals surface area contributed by atoms with Crippen LogP contribution in [0.25, 0.3) is 0 Å². The number of nitrogens with two attached hydrogens (primary N) is 1. The van der Waals surface area contributed by atoms with Gasteiger partial charge in [-0.15, -0.1) is 0 Å². The second-order valence-electron chi connectivity index (χ2n) is 5.28. The highest BCUT2D eigenvalue weighted by Gasteiger charge is 2.35. The van der Waals surface area contributed by atoms with E-state index in [1.165, 1.54) is 32.4 Å². The molecule has 2 atom stereocenters. The molecule has 1 aliphatic carbocycles. The highest BCUT2D eigenvalue weighted by Crippen LogP contribution is 2.31. The first-order valence-electron chi connectivity index (χ1n) is 6.38. The van der Waals surface area contributed by atoms with Gasteiger partial charge in [0.25, 0.3) is 0 Å². The van der Waals surface area contributed by atoms with Crippen LogP contribution in [0.2, 0.25) is 0 Å². The van der Waals surface area contributed by atoms with Gasteiger partial charge in [-0.05, 0) is 52.7 Å². The van der Waals surface area contributed by atoms with E-state index in [0.717, 1.165) is 25.0 Å². The van der Waals surface area contributed by atoms with E-state index in [2.05, 4.69) is 23.8 Å². The summed E-state index contributed by atoms with van der Waals surface area (Å²) in [5.41, 5.74) is 5.70. The molecule has 3 nitrogen and oxygen atoms in total. The van der Waals surface area contributed by atoms with Crippen molar-refractivity contribution in [3.05, 3.63) is 0 Å². The molecule has 0 amide bonds. The summed E-state index contributed by atoms with van der Waals surface area (Å²) in [6.45, 7) is 5.67. The van der Waals surface area contributed by atoms with E-state index >= 15 is 0 Å². The van der Waals surface area contributed by atoms with Gasteiger partial charge in [-0.25, -0.2) is 0 Å². The Bertz CT molecular complexity index is 203. The average molecular weight is 211 g/mol. The van der Waals surface area contributed by atoms with Crippen LogP contribution in [0.5, 0.6) is 0 Å². The lowest BCUT2D eigenvalue weighted by Crippen LogP contribution is -2.42. The third-order valence-electron chi connectivity index (χ3n) is 4.03. The Kier molecular flexibility index (Phi) is 3.65. The quantitative estimate of drug-likeness (QED) is 0.752. The number of hydrogen-bond acceptors (Lipinski definition) is 3. The Morgan fingerprint density at radius 2 is 2.00 bits per heavy atom. The van der Waals surface area contributed by atoms with E-state index in [0.29, 0.717) is 6.04 Å². The zero-order valence-corrected chi connectivity index (χ0v) is 10.2. The summed E-state index contributed by atoms with van der Waals surface area (Å²) in [5, 5.41) is 0. The van der Waals surface area contributed by atoms with Gasteiger partial charge in [0.2, 0.25) is 0 Å². The Morgan fingerprint density at radius 1 is 1.27 bits per heavy atom. The van der Waals surface area contributed by atoms with E-state index in [4.69, 9.17) is 5.73 Å². The minimum atomic E-state index is 0.681. The van der Waals surface area contributed by atoms with Gasteiger partial charge in [0.15, 0.2) is 0 Å². The maximum absolute atomic E-state index is 5.70. The standard InChI is InChI=1S/C12H25N3/c1-10-6-8-14(2)12(5-7-13)9-15(10)11-3-4-11/h10-12H,3-9,13H2,1-2H3. The molecule has 2 rings (SSSR count). The predicted octanol–water partition coefficient (Wildman–Crippen LogP) is 0.892. The second kappa shape index (κ2) is 4.81. The minimum Gasteiger partial charge on any atom is -0.330 e. The van der Waals surface area contributed by atoms with Gasteiger partial charge in [0.05, 0.1) is 0 Å². The average Bonchev–Trinajstić information content (AvgIpc) is 3.02. The SMILES string of the molecule is CC1CCN(C)C(CCN)CN1C1CC1. The molecule has 88 valence electrons. The molecule has 0 bridgehead atoms. The van der Waals surface area contributed by atoms with Gasteiger partial charge in [0, 0.05) is 24.7 Å². The van der Waals surface area contributed by atoms with Crippen molar-refractivity contribution in [2.75, 3.05) is 26.7 Å². The molecule has 15 heavy (non-hydrogen) atoms. The highest BCUT2D eigenvalue weighted by atomic mass is 15.3. The smallest absolute Gasteiger partial charge is 0.0232 e. The minimum absolute atomic E-state index is 0.681. The van der Waals surface area contributed by atoms with Gasteiger partial charge < -0.3 is 10.6 Å². The van der Waals surface area contributed by atoms with Gasteiger partial charge in [-0.2, -0.15) is 0 Å². The lowest BCUT2D eigenvalue weighted by Gasteiger charge is -2.30. The summed E-state index contributed by atoms with van der Waals surface area (Å²) in [6.07, 6.45) is 5.30. The molecule has 3 heteroatoms. The van der Waals surface area contributed by atoms with Gasteiger partial charge in [-0.3, -0.25) is 4.90 Å². The second-order valence-corrected chi connectivity index (χ2v) is 5.28. The molecule has 2 N–H and O–H groups in total. The molecule has 0 radical (unpaired) electrons. The Morgan fingerprint density at radius 3 is 2.60 bits per heavy atom. The van der Waals surface area contributed by atoms with Gasteiger partial charge in [0.1, 0.15) is 0 Å². The highest BCUT2D eigenvalue weighted by molar-refractivity contribution is 4.92. The maximum Gasteiger partial charge on any atom is 0.0232 e. The molecule has 2 fully saturated rings. The summed E-state index contributed by atoms with van der Waals surface area (Å²) in [6, 6.07) is 2.34. The fourth-order valence-corrected chi connectivity index (χ4v) is 2.72. The predicted molar refractivity (Wildman–Crippen MR) is 63.9 cm³/mol. The molecule has 1 saturated heterocycles. The van der Waals surface area contributed by atoms with Crippen LogP contribution in [-0.4, -0.2) is 54.6 Å². The van der Waals surface area contributed by atoms with Crippen molar-refractivity contribution < 1.29 is 0 Å². The molecule has 2 aliphatic rings. The van der Waals surface area contributed by atoms with Crippen LogP contribution in [-0.2, 0) is 0 Å². The number of rotatable bonds is 3. The summed E-state index contributed by atoms with van der Waals surface area (Å²) in [4.78, 5) is 5.23. The van der Waals surface area contributed by atoms with E-state index in [1.807, 2.05) is 0 Å². The fourth-order valence-electron chi connectivity index (χ4n) is 2.72. The first-order chi connectivity index (χ1) is 7.22. The van der Waals surface area contributed by atoms with E-state index in [9.17, 15) is 0 Å². The first-order valence-corrected chi connectivity index (χ1v) is 6.38. The van der Waals surface area contributed by atoms with Crippen LogP contribution in [0, 0.1) is 0 Å². The molecule has 1 saturated carbocycles. The van der Waals surface area contributed by atoms with Crippen LogP contribution in [0.3, 0.4) is 0 Å². The van der Waals surface area contributed by atoms with Crippen LogP contribution in [0.15, 0.2) is 0 Å². The fraction of sp³-hybridized carbons (Fsp3) is 1.00. The van der Waals surface area contributed by atoms with E-state index < -0.39 is 0 Å². The summed E-state index contributed by atoms with van der Waals surface area (Å²) < 4.78 is 0. The Labute approximate surface area is 93.6 Å². The zero-order chi connectivity index (χ0) is 10.8. The number of hydrogen-bond donors (Lipinski definition) is 1. The first kappa shape index (κ1) is 11.4.